The van der Waals surface area contributed by atoms with Crippen LogP contribution in [-0.4, -0.2) is 51.1 Å². The fourth-order valence-electron chi connectivity index (χ4n) is 3.17. The first-order chi connectivity index (χ1) is 13.2. The van der Waals surface area contributed by atoms with Crippen molar-refractivity contribution in [2.75, 3.05) is 25.0 Å². The average molecular weight is 387 g/mol. The minimum absolute atomic E-state index is 0.00745. The molecule has 1 N–H and O–H groups in total. The van der Waals surface area contributed by atoms with Gasteiger partial charge in [-0.15, -0.1) is 0 Å². The van der Waals surface area contributed by atoms with Crippen LogP contribution in [-0.2, 0) is 4.74 Å². The Hall–Kier alpha value is -2.97. The molecule has 1 saturated heterocycles. The van der Waals surface area contributed by atoms with Crippen molar-refractivity contribution in [1.82, 2.24) is 14.9 Å². The van der Waals surface area contributed by atoms with Crippen LogP contribution >= 0.6 is 0 Å². The smallest absolute Gasteiger partial charge is 0.410 e. The molecular formula is C19H25N5O4. The first kappa shape index (κ1) is 19.8. The molecule has 0 spiro atoms. The molecule has 2 aromatic rings. The third kappa shape index (κ3) is 5.05. The Bertz CT molecular complexity index is 880. The predicted molar refractivity (Wildman–Crippen MR) is 105 cm³/mol. The van der Waals surface area contributed by atoms with E-state index in [0.29, 0.717) is 36.5 Å². The number of hydrogen-bond donors (Lipinski definition) is 1. The quantitative estimate of drug-likeness (QED) is 0.630. The normalized spacial score (nSPS) is 17.4. The van der Waals surface area contributed by atoms with Gasteiger partial charge in [-0.25, -0.2) is 9.78 Å². The molecule has 1 aliphatic heterocycles. The lowest BCUT2D eigenvalue weighted by Crippen LogP contribution is -2.44. The number of amides is 1. The Morgan fingerprint density at radius 1 is 1.39 bits per heavy atom. The van der Waals surface area contributed by atoms with Crippen LogP contribution in [0.4, 0.5) is 16.3 Å². The van der Waals surface area contributed by atoms with Crippen LogP contribution in [0.5, 0.6) is 0 Å². The Morgan fingerprint density at radius 3 is 2.89 bits per heavy atom. The Kier molecular flexibility index (Phi) is 5.62. The molecule has 1 aliphatic rings. The van der Waals surface area contributed by atoms with E-state index in [0.717, 1.165) is 12.8 Å². The molecule has 150 valence electrons. The van der Waals surface area contributed by atoms with E-state index in [9.17, 15) is 14.9 Å². The number of nitrogens with one attached hydrogen (secondary N) is 1. The summed E-state index contributed by atoms with van der Waals surface area (Å²) in [5.41, 5.74) is 0.563. The van der Waals surface area contributed by atoms with E-state index in [2.05, 4.69) is 15.3 Å². The summed E-state index contributed by atoms with van der Waals surface area (Å²) in [5, 5.41) is 14.1. The summed E-state index contributed by atoms with van der Waals surface area (Å²) in [6.07, 6.45) is 3.24. The summed E-state index contributed by atoms with van der Waals surface area (Å²) < 4.78 is 5.46. The number of anilines is 1. The summed E-state index contributed by atoms with van der Waals surface area (Å²) in [4.78, 5) is 33.1. The highest BCUT2D eigenvalue weighted by Crippen LogP contribution is 2.21. The van der Waals surface area contributed by atoms with Crippen molar-refractivity contribution in [3.63, 3.8) is 0 Å². The molecule has 1 aromatic carbocycles. The molecule has 1 atom stereocenters. The molecule has 1 amide bonds. The molecule has 9 nitrogen and oxygen atoms in total. The van der Waals surface area contributed by atoms with Gasteiger partial charge < -0.3 is 15.0 Å². The van der Waals surface area contributed by atoms with Crippen LogP contribution in [0.25, 0.3) is 11.0 Å². The van der Waals surface area contributed by atoms with Crippen molar-refractivity contribution in [1.29, 1.82) is 0 Å². The number of nitrogens with zero attached hydrogens (tertiary/aromatic N) is 4. The standard InChI is InChI=1S/C19H25N5O4/c1-19(2,3)28-18(25)23-8-4-5-13(12-23)10-21-17-11-20-16-9-14(24(26)27)6-7-15(16)22-17/h6-7,9,11,13H,4-5,8,10,12H2,1-3H3,(H,21,22). The molecular weight excluding hydrogens is 362 g/mol. The maximum atomic E-state index is 12.3. The fraction of sp³-hybridized carbons (Fsp3) is 0.526. The lowest BCUT2D eigenvalue weighted by Gasteiger charge is -2.34. The van der Waals surface area contributed by atoms with E-state index in [1.54, 1.807) is 17.2 Å². The van der Waals surface area contributed by atoms with Crippen LogP contribution in [0.3, 0.4) is 0 Å². The number of carbonyl (C=O) groups excluding carboxylic acids is 1. The van der Waals surface area contributed by atoms with Crippen LogP contribution in [0.1, 0.15) is 33.6 Å². The van der Waals surface area contributed by atoms with E-state index >= 15 is 0 Å². The third-order valence-corrected chi connectivity index (χ3v) is 4.48. The number of aromatic nitrogens is 2. The molecule has 0 bridgehead atoms. The molecule has 1 aromatic heterocycles. The lowest BCUT2D eigenvalue weighted by molar-refractivity contribution is -0.384. The van der Waals surface area contributed by atoms with Gasteiger partial charge in [0.1, 0.15) is 11.4 Å². The van der Waals surface area contributed by atoms with Crippen molar-refractivity contribution in [3.8, 4) is 0 Å². The first-order valence-corrected chi connectivity index (χ1v) is 9.34. The molecule has 1 fully saturated rings. The molecule has 1 unspecified atom stereocenters. The van der Waals surface area contributed by atoms with Gasteiger partial charge in [-0.3, -0.25) is 15.1 Å². The van der Waals surface area contributed by atoms with Crippen molar-refractivity contribution >= 4 is 28.6 Å². The van der Waals surface area contributed by atoms with Gasteiger partial charge in [-0.05, 0) is 45.6 Å². The predicted octanol–water partition coefficient (Wildman–Crippen LogP) is 3.60. The number of piperidine rings is 1. The number of carbonyl (C=O) groups is 1. The minimum atomic E-state index is -0.502. The second kappa shape index (κ2) is 7.95. The molecule has 0 radical (unpaired) electrons. The van der Waals surface area contributed by atoms with Gasteiger partial charge in [0, 0.05) is 31.8 Å². The number of fused-ring (bicyclic) bond motifs is 1. The van der Waals surface area contributed by atoms with Gasteiger partial charge in [0.05, 0.1) is 22.2 Å². The van der Waals surface area contributed by atoms with Crippen molar-refractivity contribution in [2.24, 2.45) is 5.92 Å². The highest BCUT2D eigenvalue weighted by molar-refractivity contribution is 5.78. The average Bonchev–Trinajstić information content (AvgIpc) is 2.64. The van der Waals surface area contributed by atoms with Crippen molar-refractivity contribution in [3.05, 3.63) is 34.5 Å². The zero-order valence-corrected chi connectivity index (χ0v) is 16.3. The maximum absolute atomic E-state index is 12.3. The molecule has 2 heterocycles. The second-order valence-corrected chi connectivity index (χ2v) is 8.00. The van der Waals surface area contributed by atoms with Crippen LogP contribution in [0, 0.1) is 16.0 Å². The maximum Gasteiger partial charge on any atom is 0.410 e. The Labute approximate surface area is 163 Å². The number of nitro groups is 1. The number of non-ortho nitro benzene ring substituents is 1. The van der Waals surface area contributed by atoms with Gasteiger partial charge in [0.25, 0.3) is 5.69 Å². The second-order valence-electron chi connectivity index (χ2n) is 8.00. The number of benzene rings is 1. The van der Waals surface area contributed by atoms with Gasteiger partial charge in [-0.2, -0.15) is 0 Å². The van der Waals surface area contributed by atoms with Gasteiger partial charge in [0.15, 0.2) is 0 Å². The zero-order chi connectivity index (χ0) is 20.3. The number of nitro benzene ring substituents is 1. The molecule has 0 aliphatic carbocycles. The third-order valence-electron chi connectivity index (χ3n) is 4.48. The summed E-state index contributed by atoms with van der Waals surface area (Å²) >= 11 is 0. The van der Waals surface area contributed by atoms with Crippen molar-refractivity contribution in [2.45, 2.75) is 39.2 Å². The highest BCUT2D eigenvalue weighted by Gasteiger charge is 2.27. The van der Waals surface area contributed by atoms with E-state index < -0.39 is 10.5 Å². The topological polar surface area (TPSA) is 110 Å². The SMILES string of the molecule is CC(C)(C)OC(=O)N1CCCC(CNc2cnc3cc([N+](=O)[O-])ccc3n2)C1. The molecule has 9 heteroatoms. The molecule has 28 heavy (non-hydrogen) atoms. The molecule has 0 saturated carbocycles. The van der Waals surface area contributed by atoms with Crippen LogP contribution in [0.2, 0.25) is 0 Å². The van der Waals surface area contributed by atoms with E-state index in [1.165, 1.54) is 12.1 Å². The Morgan fingerprint density at radius 2 is 2.18 bits per heavy atom. The van der Waals surface area contributed by atoms with Gasteiger partial charge in [0.2, 0.25) is 0 Å². The number of likely N-dealkylation sites (tertiary alicyclic amines) is 1. The summed E-state index contributed by atoms with van der Waals surface area (Å²) in [5.74, 6) is 0.895. The largest absolute Gasteiger partial charge is 0.444 e. The fourth-order valence-corrected chi connectivity index (χ4v) is 3.17. The van der Waals surface area contributed by atoms with Crippen LogP contribution < -0.4 is 5.32 Å². The van der Waals surface area contributed by atoms with Gasteiger partial charge >= 0.3 is 6.09 Å². The van der Waals surface area contributed by atoms with E-state index in [1.807, 2.05) is 20.8 Å². The number of rotatable bonds is 4. The minimum Gasteiger partial charge on any atom is -0.444 e. The first-order valence-electron chi connectivity index (χ1n) is 9.34. The van der Waals surface area contributed by atoms with Crippen molar-refractivity contribution < 1.29 is 14.5 Å². The molecule has 3 rings (SSSR count). The Balaban J connectivity index is 1.59. The highest BCUT2D eigenvalue weighted by atomic mass is 16.6. The summed E-state index contributed by atoms with van der Waals surface area (Å²) in [6, 6.07) is 4.42. The van der Waals surface area contributed by atoms with Gasteiger partial charge in [-0.1, -0.05) is 0 Å². The monoisotopic (exact) mass is 387 g/mol. The van der Waals surface area contributed by atoms with E-state index in [4.69, 9.17) is 4.74 Å². The summed E-state index contributed by atoms with van der Waals surface area (Å²) in [6.45, 7) is 7.59. The lowest BCUT2D eigenvalue weighted by atomic mass is 9.98. The van der Waals surface area contributed by atoms with E-state index in [-0.39, 0.29) is 17.7 Å². The number of hydrogen-bond acceptors (Lipinski definition) is 7. The zero-order valence-electron chi connectivity index (χ0n) is 16.3. The summed E-state index contributed by atoms with van der Waals surface area (Å²) in [7, 11) is 0. The van der Waals surface area contributed by atoms with Crippen LogP contribution in [0.15, 0.2) is 24.4 Å². The number of ether oxygens (including phenoxy) is 1.